The van der Waals surface area contributed by atoms with Gasteiger partial charge >= 0.3 is 0 Å². The van der Waals surface area contributed by atoms with E-state index in [2.05, 4.69) is 54.0 Å². The van der Waals surface area contributed by atoms with Crippen LogP contribution in [0.4, 0.5) is 0 Å². The molecule has 2 nitrogen and oxygen atoms in total. The lowest BCUT2D eigenvalue weighted by molar-refractivity contribution is 0.352. The molecule has 2 aromatic carbocycles. The molecular formula is C20H24Cl2N2. The Balaban J connectivity index is 1.81. The van der Waals surface area contributed by atoms with Crippen molar-refractivity contribution in [3.05, 3.63) is 69.7 Å². The molecule has 0 spiro atoms. The first-order valence-corrected chi connectivity index (χ1v) is 9.37. The summed E-state index contributed by atoms with van der Waals surface area (Å²) in [5.74, 6) is 0.981. The Morgan fingerprint density at radius 3 is 2.58 bits per heavy atom. The number of halogens is 2. The second-order valence-corrected chi connectivity index (χ2v) is 7.27. The normalized spacial score (nSPS) is 21.8. The molecule has 0 radical (unpaired) electrons. The minimum atomic E-state index is 0.437. The fourth-order valence-corrected chi connectivity index (χ4v) is 4.04. The standard InChI is InChI=1S/C20H24Cl2N2/c1-2-24-20(10-14-6-4-3-5-7-14)17-13-23-12-16(17)15-8-9-18(21)19(22)11-15/h3-9,11,16-17,20,23-24H,2,10,12-13H2,1H3/t16-,17-,20?/m1/s1. The predicted octanol–water partition coefficient (Wildman–Crippen LogP) is 4.52. The van der Waals surface area contributed by atoms with Crippen LogP contribution in [-0.4, -0.2) is 25.7 Å². The van der Waals surface area contributed by atoms with E-state index in [9.17, 15) is 0 Å². The topological polar surface area (TPSA) is 24.1 Å². The summed E-state index contributed by atoms with van der Waals surface area (Å²) >= 11 is 12.3. The molecule has 0 aliphatic carbocycles. The molecule has 0 amide bonds. The molecule has 0 aromatic heterocycles. The van der Waals surface area contributed by atoms with Crippen molar-refractivity contribution in [1.82, 2.24) is 10.6 Å². The van der Waals surface area contributed by atoms with Crippen LogP contribution in [0.1, 0.15) is 24.0 Å². The largest absolute Gasteiger partial charge is 0.316 e. The molecule has 1 saturated heterocycles. The second-order valence-electron chi connectivity index (χ2n) is 6.46. The minimum Gasteiger partial charge on any atom is -0.316 e. The van der Waals surface area contributed by atoms with Crippen LogP contribution in [0.15, 0.2) is 48.5 Å². The molecule has 0 saturated carbocycles. The summed E-state index contributed by atoms with van der Waals surface area (Å²) in [5, 5.41) is 8.53. The smallest absolute Gasteiger partial charge is 0.0595 e. The molecule has 1 unspecified atom stereocenters. The van der Waals surface area contributed by atoms with E-state index in [4.69, 9.17) is 23.2 Å². The van der Waals surface area contributed by atoms with Crippen LogP contribution in [0.2, 0.25) is 10.0 Å². The first-order valence-electron chi connectivity index (χ1n) is 8.62. The lowest BCUT2D eigenvalue weighted by Crippen LogP contribution is -2.41. The Bertz CT molecular complexity index is 660. The summed E-state index contributed by atoms with van der Waals surface area (Å²) in [4.78, 5) is 0. The quantitative estimate of drug-likeness (QED) is 0.789. The molecule has 2 aromatic rings. The fourth-order valence-electron chi connectivity index (χ4n) is 3.74. The van der Waals surface area contributed by atoms with Crippen molar-refractivity contribution in [3.8, 4) is 0 Å². The molecule has 3 atom stereocenters. The second kappa shape index (κ2) is 8.35. The maximum absolute atomic E-state index is 6.24. The van der Waals surface area contributed by atoms with Gasteiger partial charge in [-0.1, -0.05) is 66.5 Å². The molecule has 4 heteroatoms. The highest BCUT2D eigenvalue weighted by molar-refractivity contribution is 6.42. The molecule has 1 aliphatic rings. The van der Waals surface area contributed by atoms with Crippen LogP contribution in [0.25, 0.3) is 0 Å². The van der Waals surface area contributed by atoms with Gasteiger partial charge in [-0.25, -0.2) is 0 Å². The average molecular weight is 363 g/mol. The van der Waals surface area contributed by atoms with Crippen molar-refractivity contribution in [2.75, 3.05) is 19.6 Å². The average Bonchev–Trinajstić information content (AvgIpc) is 3.07. The van der Waals surface area contributed by atoms with E-state index < -0.39 is 0 Å². The van der Waals surface area contributed by atoms with Crippen LogP contribution in [0, 0.1) is 5.92 Å². The molecule has 128 valence electrons. The summed E-state index contributed by atoms with van der Waals surface area (Å²) in [7, 11) is 0. The van der Waals surface area contributed by atoms with Gasteiger partial charge < -0.3 is 10.6 Å². The number of nitrogens with one attached hydrogen (secondary N) is 2. The predicted molar refractivity (Wildman–Crippen MR) is 103 cm³/mol. The lowest BCUT2D eigenvalue weighted by Gasteiger charge is -2.29. The van der Waals surface area contributed by atoms with Gasteiger partial charge in [0.2, 0.25) is 0 Å². The zero-order valence-corrected chi connectivity index (χ0v) is 15.4. The molecule has 1 fully saturated rings. The number of benzene rings is 2. The Kier molecular flexibility index (Phi) is 6.18. The van der Waals surface area contributed by atoms with E-state index in [1.165, 1.54) is 11.1 Å². The van der Waals surface area contributed by atoms with Gasteiger partial charge in [-0.2, -0.15) is 0 Å². The maximum atomic E-state index is 6.24. The first kappa shape index (κ1) is 17.8. The molecule has 2 N–H and O–H groups in total. The zero-order valence-electron chi connectivity index (χ0n) is 13.9. The summed E-state index contributed by atoms with van der Waals surface area (Å²) in [6.07, 6.45) is 1.04. The monoisotopic (exact) mass is 362 g/mol. The van der Waals surface area contributed by atoms with Crippen LogP contribution in [0.3, 0.4) is 0 Å². The van der Waals surface area contributed by atoms with Crippen molar-refractivity contribution in [3.63, 3.8) is 0 Å². The van der Waals surface area contributed by atoms with Gasteiger partial charge in [-0.15, -0.1) is 0 Å². The molecule has 24 heavy (non-hydrogen) atoms. The number of rotatable bonds is 6. The number of likely N-dealkylation sites (N-methyl/N-ethyl adjacent to an activating group) is 1. The van der Waals surface area contributed by atoms with Crippen molar-refractivity contribution in [1.29, 1.82) is 0 Å². The minimum absolute atomic E-state index is 0.437. The van der Waals surface area contributed by atoms with E-state index in [1.54, 1.807) is 0 Å². The molecule has 0 bridgehead atoms. The molecule has 3 rings (SSSR count). The van der Waals surface area contributed by atoms with Crippen molar-refractivity contribution < 1.29 is 0 Å². The molecule has 1 aliphatic heterocycles. The Morgan fingerprint density at radius 2 is 1.88 bits per heavy atom. The number of hydrogen-bond acceptors (Lipinski definition) is 2. The highest BCUT2D eigenvalue weighted by Gasteiger charge is 2.34. The van der Waals surface area contributed by atoms with E-state index in [0.29, 0.717) is 27.9 Å². The van der Waals surface area contributed by atoms with E-state index in [0.717, 1.165) is 26.1 Å². The van der Waals surface area contributed by atoms with Gasteiger partial charge in [0.05, 0.1) is 10.0 Å². The van der Waals surface area contributed by atoms with Gasteiger partial charge in [0.25, 0.3) is 0 Å². The summed E-state index contributed by atoms with van der Waals surface area (Å²) in [5.41, 5.74) is 2.65. The van der Waals surface area contributed by atoms with Crippen LogP contribution < -0.4 is 10.6 Å². The van der Waals surface area contributed by atoms with Gasteiger partial charge in [-0.3, -0.25) is 0 Å². The maximum Gasteiger partial charge on any atom is 0.0595 e. The summed E-state index contributed by atoms with van der Waals surface area (Å²) < 4.78 is 0. The van der Waals surface area contributed by atoms with Gasteiger partial charge in [0.1, 0.15) is 0 Å². The SMILES string of the molecule is CCNC(Cc1ccccc1)[C@@H]1CNC[C@@H]1c1ccc(Cl)c(Cl)c1. The Morgan fingerprint density at radius 1 is 1.08 bits per heavy atom. The third-order valence-electron chi connectivity index (χ3n) is 4.91. The van der Waals surface area contributed by atoms with E-state index in [1.807, 2.05) is 12.1 Å². The van der Waals surface area contributed by atoms with Crippen LogP contribution in [0.5, 0.6) is 0 Å². The summed E-state index contributed by atoms with van der Waals surface area (Å²) in [6, 6.07) is 17.2. The lowest BCUT2D eigenvalue weighted by atomic mass is 9.81. The highest BCUT2D eigenvalue weighted by Crippen LogP contribution is 2.34. The first-order chi connectivity index (χ1) is 11.7. The van der Waals surface area contributed by atoms with Gasteiger partial charge in [-0.05, 0) is 42.1 Å². The fraction of sp³-hybridized carbons (Fsp3) is 0.400. The van der Waals surface area contributed by atoms with Crippen LogP contribution in [-0.2, 0) is 6.42 Å². The van der Waals surface area contributed by atoms with E-state index in [-0.39, 0.29) is 0 Å². The Labute approximate surface area is 154 Å². The van der Waals surface area contributed by atoms with Crippen molar-refractivity contribution in [2.24, 2.45) is 5.92 Å². The molecule has 1 heterocycles. The van der Waals surface area contributed by atoms with Gasteiger partial charge in [0.15, 0.2) is 0 Å². The molecular weight excluding hydrogens is 339 g/mol. The van der Waals surface area contributed by atoms with Crippen LogP contribution >= 0.6 is 23.2 Å². The third kappa shape index (κ3) is 4.12. The van der Waals surface area contributed by atoms with Crippen molar-refractivity contribution >= 4 is 23.2 Å². The zero-order chi connectivity index (χ0) is 16.9. The third-order valence-corrected chi connectivity index (χ3v) is 5.65. The summed E-state index contributed by atoms with van der Waals surface area (Å²) in [6.45, 7) is 5.16. The Hall–Kier alpha value is -1.06. The number of hydrogen-bond donors (Lipinski definition) is 2. The highest BCUT2D eigenvalue weighted by atomic mass is 35.5. The van der Waals surface area contributed by atoms with Crippen molar-refractivity contribution in [2.45, 2.75) is 25.3 Å². The van der Waals surface area contributed by atoms with E-state index >= 15 is 0 Å². The van der Waals surface area contributed by atoms with Gasteiger partial charge in [0, 0.05) is 25.0 Å².